The Hall–Kier alpha value is -2.59. The summed E-state index contributed by atoms with van der Waals surface area (Å²) in [7, 11) is 0. The second-order valence-electron chi connectivity index (χ2n) is 8.03. The number of carbonyl (C=O) groups excluding carboxylic acids is 3. The van der Waals surface area contributed by atoms with Crippen molar-refractivity contribution in [1.82, 2.24) is 10.6 Å². The van der Waals surface area contributed by atoms with Crippen LogP contribution in [0.1, 0.15) is 60.8 Å². The molecule has 11 heteroatoms. The highest BCUT2D eigenvalue weighted by Gasteiger charge is 2.29. The van der Waals surface area contributed by atoms with Crippen LogP contribution in [-0.2, 0) is 23.9 Å². The van der Waals surface area contributed by atoms with Crippen molar-refractivity contribution in [1.29, 1.82) is 0 Å². The average Bonchev–Trinajstić information content (AvgIpc) is 2.47. The predicted octanol–water partition coefficient (Wildman–Crippen LogP) is 1.72. The molecule has 0 aliphatic rings. The Bertz CT molecular complexity index is 552. The number of nitrogens with one attached hydrogen (secondary N) is 2. The maximum Gasteiger partial charge on any atom is 0.408 e. The number of carbonyl (C=O) groups is 3. The first-order valence-corrected chi connectivity index (χ1v) is 8.96. The number of nitrogens with zero attached hydrogens (tertiary/aromatic N) is 1. The van der Waals surface area contributed by atoms with Crippen LogP contribution in [0.4, 0.5) is 4.79 Å². The van der Waals surface area contributed by atoms with Gasteiger partial charge in [-0.1, -0.05) is 0 Å². The van der Waals surface area contributed by atoms with Gasteiger partial charge in [0.15, 0.2) is 0 Å². The largest absolute Gasteiger partial charge is 0.458 e. The Morgan fingerprint density at radius 2 is 1.61 bits per heavy atom. The number of ether oxygens (including phenoxy) is 2. The molecule has 0 heterocycles. The van der Waals surface area contributed by atoms with E-state index < -0.39 is 34.4 Å². The van der Waals surface area contributed by atoms with Crippen molar-refractivity contribution in [3.8, 4) is 0 Å². The van der Waals surface area contributed by atoms with E-state index in [1.54, 1.807) is 41.5 Å². The molecule has 0 aromatic rings. The maximum absolute atomic E-state index is 12.3. The minimum absolute atomic E-state index is 0.00534. The van der Waals surface area contributed by atoms with E-state index in [1.807, 2.05) is 0 Å². The molecule has 2 N–H and O–H groups in total. The Morgan fingerprint density at radius 1 is 1.04 bits per heavy atom. The summed E-state index contributed by atoms with van der Waals surface area (Å²) in [6, 6.07) is -1.06. The maximum atomic E-state index is 12.3. The zero-order valence-corrected chi connectivity index (χ0v) is 17.3. The highest BCUT2D eigenvalue weighted by atomic mass is 16.9. The molecule has 0 saturated carbocycles. The SMILES string of the molecule is CC(C)(C)OC(=O)N[C@@H](CCC(=O)NCCCO[N+](=O)[O-])C(=O)OC(C)(C)C. The standard InChI is InChI=1S/C17H31N3O8/c1-16(2,3)27-14(22)12(19-15(23)28-17(4,5)6)8-9-13(21)18-10-7-11-26-20(24)25/h12H,7-11H2,1-6H3,(H,18,21)(H,19,23)/t12-/m0/s1. The van der Waals surface area contributed by atoms with Crippen LogP contribution >= 0.6 is 0 Å². The van der Waals surface area contributed by atoms with Gasteiger partial charge in [0.25, 0.3) is 5.09 Å². The first-order chi connectivity index (χ1) is 12.7. The summed E-state index contributed by atoms with van der Waals surface area (Å²) in [5.74, 6) is -1.05. The Kier molecular flexibility index (Phi) is 10.3. The van der Waals surface area contributed by atoms with Gasteiger partial charge in [-0.25, -0.2) is 9.59 Å². The van der Waals surface area contributed by atoms with Crippen molar-refractivity contribution in [2.24, 2.45) is 0 Å². The second-order valence-corrected chi connectivity index (χ2v) is 8.03. The lowest BCUT2D eigenvalue weighted by molar-refractivity contribution is -0.757. The molecule has 0 radical (unpaired) electrons. The van der Waals surface area contributed by atoms with E-state index in [1.165, 1.54) is 0 Å². The number of esters is 1. The molecule has 0 fully saturated rings. The van der Waals surface area contributed by atoms with Gasteiger partial charge in [0.1, 0.15) is 17.2 Å². The van der Waals surface area contributed by atoms with E-state index in [-0.39, 0.29) is 38.3 Å². The van der Waals surface area contributed by atoms with Gasteiger partial charge in [-0.15, -0.1) is 10.1 Å². The van der Waals surface area contributed by atoms with Gasteiger partial charge < -0.3 is 24.9 Å². The van der Waals surface area contributed by atoms with Crippen LogP contribution in [0.15, 0.2) is 0 Å². The molecule has 0 aliphatic carbocycles. The van der Waals surface area contributed by atoms with Crippen LogP contribution in [0.25, 0.3) is 0 Å². The van der Waals surface area contributed by atoms with Gasteiger partial charge >= 0.3 is 12.1 Å². The average molecular weight is 405 g/mol. The first-order valence-electron chi connectivity index (χ1n) is 8.96. The molecule has 0 spiro atoms. The monoisotopic (exact) mass is 405 g/mol. The fraction of sp³-hybridized carbons (Fsp3) is 0.824. The van der Waals surface area contributed by atoms with Crippen molar-refractivity contribution < 1.29 is 33.8 Å². The quantitative estimate of drug-likeness (QED) is 0.242. The van der Waals surface area contributed by atoms with Crippen LogP contribution in [0.3, 0.4) is 0 Å². The van der Waals surface area contributed by atoms with Gasteiger partial charge in [0.2, 0.25) is 5.91 Å². The minimum Gasteiger partial charge on any atom is -0.458 e. The molecule has 0 aromatic heterocycles. The van der Waals surface area contributed by atoms with Crippen molar-refractivity contribution in [2.45, 2.75) is 78.0 Å². The smallest absolute Gasteiger partial charge is 0.408 e. The van der Waals surface area contributed by atoms with E-state index in [0.717, 1.165) is 0 Å². The summed E-state index contributed by atoms with van der Waals surface area (Å²) in [6.45, 7) is 10.2. The molecule has 11 nitrogen and oxygen atoms in total. The molecule has 28 heavy (non-hydrogen) atoms. The van der Waals surface area contributed by atoms with Gasteiger partial charge in [0.05, 0.1) is 6.61 Å². The Morgan fingerprint density at radius 3 is 2.11 bits per heavy atom. The van der Waals surface area contributed by atoms with Gasteiger partial charge in [-0.3, -0.25) is 4.79 Å². The lowest BCUT2D eigenvalue weighted by Gasteiger charge is -2.26. The summed E-state index contributed by atoms with van der Waals surface area (Å²) >= 11 is 0. The van der Waals surface area contributed by atoms with Gasteiger partial charge in [-0.2, -0.15) is 0 Å². The molecule has 0 aliphatic heterocycles. The van der Waals surface area contributed by atoms with Crippen LogP contribution in [0, 0.1) is 10.1 Å². The van der Waals surface area contributed by atoms with E-state index in [2.05, 4.69) is 15.5 Å². The Balaban J connectivity index is 4.62. The van der Waals surface area contributed by atoms with Gasteiger partial charge in [0, 0.05) is 13.0 Å². The molecule has 1 atom stereocenters. The summed E-state index contributed by atoms with van der Waals surface area (Å²) in [5, 5.41) is 14.1. The molecule has 0 rings (SSSR count). The van der Waals surface area contributed by atoms with E-state index in [0.29, 0.717) is 0 Å². The highest BCUT2D eigenvalue weighted by molar-refractivity contribution is 5.83. The number of amides is 2. The number of rotatable bonds is 10. The number of alkyl carbamates (subject to hydrolysis) is 1. The number of hydrogen-bond donors (Lipinski definition) is 2. The third-order valence-electron chi connectivity index (χ3n) is 2.88. The third-order valence-corrected chi connectivity index (χ3v) is 2.88. The molecule has 162 valence electrons. The summed E-state index contributed by atoms with van der Waals surface area (Å²) in [4.78, 5) is 50.3. The van der Waals surface area contributed by atoms with Gasteiger partial charge in [-0.05, 0) is 54.4 Å². The predicted molar refractivity (Wildman–Crippen MR) is 98.8 cm³/mol. The second kappa shape index (κ2) is 11.3. The molecule has 0 aromatic carbocycles. The molecule has 2 amide bonds. The summed E-state index contributed by atoms with van der Waals surface area (Å²) in [5.41, 5.74) is -1.50. The minimum atomic E-state index is -1.06. The normalized spacial score (nSPS) is 12.5. The molecular weight excluding hydrogens is 374 g/mol. The van der Waals surface area contributed by atoms with Crippen LogP contribution < -0.4 is 10.6 Å². The molecule has 0 unspecified atom stereocenters. The summed E-state index contributed by atoms with van der Waals surface area (Å²) in [6.07, 6.45) is -0.583. The zero-order valence-electron chi connectivity index (χ0n) is 17.3. The highest BCUT2D eigenvalue weighted by Crippen LogP contribution is 2.12. The summed E-state index contributed by atoms with van der Waals surface area (Å²) < 4.78 is 10.4. The lowest BCUT2D eigenvalue weighted by atomic mass is 10.1. The first kappa shape index (κ1) is 25.4. The zero-order chi connectivity index (χ0) is 22.0. The van der Waals surface area contributed by atoms with E-state index in [4.69, 9.17) is 9.47 Å². The van der Waals surface area contributed by atoms with Crippen molar-refractivity contribution >= 4 is 18.0 Å². The lowest BCUT2D eigenvalue weighted by Crippen LogP contribution is -2.46. The van der Waals surface area contributed by atoms with Crippen molar-refractivity contribution in [3.05, 3.63) is 10.1 Å². The fourth-order valence-corrected chi connectivity index (χ4v) is 1.87. The van der Waals surface area contributed by atoms with Crippen LogP contribution in [-0.4, -0.2) is 53.5 Å². The van der Waals surface area contributed by atoms with Crippen LogP contribution in [0.2, 0.25) is 0 Å². The number of hydrogen-bond acceptors (Lipinski definition) is 8. The topological polar surface area (TPSA) is 146 Å². The molecular formula is C17H31N3O8. The van der Waals surface area contributed by atoms with Crippen LogP contribution in [0.5, 0.6) is 0 Å². The third kappa shape index (κ3) is 14.6. The van der Waals surface area contributed by atoms with Crippen molar-refractivity contribution in [3.63, 3.8) is 0 Å². The fourth-order valence-electron chi connectivity index (χ4n) is 1.87. The molecule has 0 bridgehead atoms. The van der Waals surface area contributed by atoms with E-state index >= 15 is 0 Å². The van der Waals surface area contributed by atoms with E-state index in [9.17, 15) is 24.5 Å². The molecule has 0 saturated heterocycles. The van der Waals surface area contributed by atoms with Crippen molar-refractivity contribution in [2.75, 3.05) is 13.2 Å². The Labute approximate surface area is 164 Å².